The van der Waals surface area contributed by atoms with E-state index in [9.17, 15) is 22.0 Å². The predicted molar refractivity (Wildman–Crippen MR) is 30.5 cm³/mol. The van der Waals surface area contributed by atoms with Gasteiger partial charge in [-0.3, -0.25) is 0 Å². The van der Waals surface area contributed by atoms with Crippen LogP contribution in [0.15, 0.2) is 0 Å². The van der Waals surface area contributed by atoms with Crippen molar-refractivity contribution in [3.63, 3.8) is 0 Å². The van der Waals surface area contributed by atoms with Gasteiger partial charge < -0.3 is 5.11 Å². The van der Waals surface area contributed by atoms with Crippen molar-refractivity contribution < 1.29 is 27.1 Å². The van der Waals surface area contributed by atoms with E-state index in [0.29, 0.717) is 0 Å². The van der Waals surface area contributed by atoms with Crippen molar-refractivity contribution in [2.24, 2.45) is 0 Å². The number of rotatable bonds is 0. The van der Waals surface area contributed by atoms with Gasteiger partial charge in [0, 0.05) is 0 Å². The van der Waals surface area contributed by atoms with Crippen LogP contribution in [0.1, 0.15) is 0 Å². The monoisotopic (exact) mass is 190 g/mol. The summed E-state index contributed by atoms with van der Waals surface area (Å²) in [5.41, 5.74) is 0. The van der Waals surface area contributed by atoms with Gasteiger partial charge in [-0.25, -0.2) is 22.0 Å². The summed E-state index contributed by atoms with van der Waals surface area (Å²) >= 11 is 0. The summed E-state index contributed by atoms with van der Waals surface area (Å²) in [5, 5.41) is 8.51. The lowest BCUT2D eigenvalue weighted by Crippen LogP contribution is -2.56. The Morgan fingerprint density at radius 1 is 0.583 bits per heavy atom. The highest BCUT2D eigenvalue weighted by molar-refractivity contribution is 4.99. The predicted octanol–water partition coefficient (Wildman–Crippen LogP) is 1.05. The van der Waals surface area contributed by atoms with E-state index in [4.69, 9.17) is 5.11 Å². The maximum atomic E-state index is 12.4. The number of aliphatic hydroxyl groups excluding tert-OH is 1. The van der Waals surface area contributed by atoms with E-state index in [0.717, 1.165) is 0 Å². The molecule has 0 aromatic rings. The van der Waals surface area contributed by atoms with Crippen molar-refractivity contribution in [1.29, 1.82) is 0 Å². The largest absolute Gasteiger partial charge is 0.387 e. The summed E-state index contributed by atoms with van der Waals surface area (Å²) < 4.78 is 61.7. The molecular formula is C6H7F5O. The smallest absolute Gasteiger partial charge is 0.168 e. The first kappa shape index (κ1) is 9.70. The third kappa shape index (κ3) is 1.28. The second-order valence-corrected chi connectivity index (χ2v) is 2.71. The molecule has 6 atom stereocenters. The number of halogens is 5. The van der Waals surface area contributed by atoms with Gasteiger partial charge in [0.15, 0.2) is 30.9 Å². The molecule has 0 aromatic carbocycles. The molecule has 0 aliphatic heterocycles. The molecule has 1 nitrogen and oxygen atoms in total. The summed E-state index contributed by atoms with van der Waals surface area (Å²) in [6, 6.07) is 0. The topological polar surface area (TPSA) is 20.2 Å². The van der Waals surface area contributed by atoms with Crippen molar-refractivity contribution >= 4 is 0 Å². The Morgan fingerprint density at radius 2 is 0.833 bits per heavy atom. The summed E-state index contributed by atoms with van der Waals surface area (Å²) in [4.78, 5) is 0. The van der Waals surface area contributed by atoms with E-state index in [1.807, 2.05) is 0 Å². The van der Waals surface area contributed by atoms with E-state index >= 15 is 0 Å². The molecule has 1 saturated carbocycles. The molecule has 0 bridgehead atoms. The third-order valence-electron chi connectivity index (χ3n) is 1.87. The summed E-state index contributed by atoms with van der Waals surface area (Å²) in [5.74, 6) is 0. The minimum atomic E-state index is -2.83. The lowest BCUT2D eigenvalue weighted by Gasteiger charge is -2.33. The first-order valence-electron chi connectivity index (χ1n) is 3.35. The van der Waals surface area contributed by atoms with Crippen molar-refractivity contribution in [3.8, 4) is 0 Å². The Balaban J connectivity index is 2.76. The minimum absolute atomic E-state index is 2.41. The van der Waals surface area contributed by atoms with Crippen LogP contribution in [0.4, 0.5) is 22.0 Å². The van der Waals surface area contributed by atoms with E-state index in [-0.39, 0.29) is 0 Å². The van der Waals surface area contributed by atoms with Gasteiger partial charge >= 0.3 is 0 Å². The molecular weight excluding hydrogens is 183 g/mol. The van der Waals surface area contributed by atoms with Crippen LogP contribution in [0, 0.1) is 0 Å². The van der Waals surface area contributed by atoms with Crippen LogP contribution >= 0.6 is 0 Å². The molecule has 0 aromatic heterocycles. The summed E-state index contributed by atoms with van der Waals surface area (Å²) in [6.07, 6.45) is -16.2. The molecule has 0 radical (unpaired) electrons. The molecule has 1 rings (SSSR count). The third-order valence-corrected chi connectivity index (χ3v) is 1.87. The van der Waals surface area contributed by atoms with E-state index in [1.165, 1.54) is 0 Å². The van der Waals surface area contributed by atoms with Crippen molar-refractivity contribution in [2.75, 3.05) is 0 Å². The van der Waals surface area contributed by atoms with Crippen LogP contribution in [-0.4, -0.2) is 42.1 Å². The van der Waals surface area contributed by atoms with Gasteiger partial charge in [-0.15, -0.1) is 0 Å². The molecule has 1 N–H and O–H groups in total. The van der Waals surface area contributed by atoms with E-state index in [2.05, 4.69) is 0 Å². The summed E-state index contributed by atoms with van der Waals surface area (Å²) in [7, 11) is 0. The van der Waals surface area contributed by atoms with Crippen molar-refractivity contribution in [2.45, 2.75) is 37.0 Å². The zero-order valence-corrected chi connectivity index (χ0v) is 5.80. The first-order valence-corrected chi connectivity index (χ1v) is 3.35. The maximum Gasteiger partial charge on any atom is 0.168 e. The first-order chi connectivity index (χ1) is 5.46. The highest BCUT2D eigenvalue weighted by atomic mass is 19.2. The Bertz CT molecular complexity index is 107. The highest BCUT2D eigenvalue weighted by Gasteiger charge is 2.52. The Labute approximate surface area is 65.2 Å². The maximum absolute atomic E-state index is 12.4. The van der Waals surface area contributed by atoms with Gasteiger partial charge in [0.2, 0.25) is 0 Å². The molecule has 1 fully saturated rings. The fourth-order valence-electron chi connectivity index (χ4n) is 1.08. The molecule has 6 heteroatoms. The van der Waals surface area contributed by atoms with Crippen LogP contribution in [0.25, 0.3) is 0 Å². The number of hydrogen-bond acceptors (Lipinski definition) is 1. The molecule has 12 heavy (non-hydrogen) atoms. The summed E-state index contributed by atoms with van der Waals surface area (Å²) in [6.45, 7) is 0. The van der Waals surface area contributed by atoms with Crippen molar-refractivity contribution in [1.82, 2.24) is 0 Å². The van der Waals surface area contributed by atoms with Gasteiger partial charge in [-0.1, -0.05) is 0 Å². The Hall–Kier alpha value is -0.390. The van der Waals surface area contributed by atoms with Crippen LogP contribution in [0.3, 0.4) is 0 Å². The molecule has 72 valence electrons. The number of alkyl halides is 5. The molecule has 0 heterocycles. The van der Waals surface area contributed by atoms with Gasteiger partial charge in [0.25, 0.3) is 0 Å². The minimum Gasteiger partial charge on any atom is -0.387 e. The van der Waals surface area contributed by atoms with Crippen molar-refractivity contribution in [3.05, 3.63) is 0 Å². The molecule has 0 saturated heterocycles. The SMILES string of the molecule is OC1[C@@H](F)[C@@H](F)C(F)[C@@H](F)[C@H]1F. The van der Waals surface area contributed by atoms with Gasteiger partial charge in [0.1, 0.15) is 6.10 Å². The molecule has 0 spiro atoms. The van der Waals surface area contributed by atoms with Crippen LogP contribution in [0.5, 0.6) is 0 Å². The second kappa shape index (κ2) is 3.16. The fourth-order valence-corrected chi connectivity index (χ4v) is 1.08. The van der Waals surface area contributed by atoms with E-state index in [1.54, 1.807) is 0 Å². The van der Waals surface area contributed by atoms with Gasteiger partial charge in [-0.2, -0.15) is 0 Å². The number of hydrogen-bond donors (Lipinski definition) is 1. The van der Waals surface area contributed by atoms with Gasteiger partial charge in [-0.05, 0) is 0 Å². The molecule has 0 amide bonds. The van der Waals surface area contributed by atoms with Crippen LogP contribution in [-0.2, 0) is 0 Å². The van der Waals surface area contributed by atoms with Gasteiger partial charge in [0.05, 0.1) is 0 Å². The molecule has 1 aliphatic rings. The zero-order valence-electron chi connectivity index (χ0n) is 5.80. The number of aliphatic hydroxyl groups is 1. The lowest BCUT2D eigenvalue weighted by atomic mass is 9.89. The average molecular weight is 190 g/mol. The standard InChI is InChI=1S/C6H7F5O/c7-1-2(8)4(10)6(12)5(11)3(1)9/h1-6,12H/t1?,2-,3+,4-,5+,6?. The van der Waals surface area contributed by atoms with Crippen LogP contribution in [0.2, 0.25) is 0 Å². The van der Waals surface area contributed by atoms with E-state index < -0.39 is 37.0 Å². The van der Waals surface area contributed by atoms with Crippen LogP contribution < -0.4 is 0 Å². The zero-order chi connectivity index (χ0) is 9.46. The Morgan fingerprint density at radius 3 is 1.17 bits per heavy atom. The lowest BCUT2D eigenvalue weighted by molar-refractivity contribution is -0.124. The highest BCUT2D eigenvalue weighted by Crippen LogP contribution is 2.31. The normalized spacial score (nSPS) is 55.5. The molecule has 1 aliphatic carbocycles. The average Bonchev–Trinajstić information content (AvgIpc) is 2.08. The quantitative estimate of drug-likeness (QED) is 0.566. The fraction of sp³-hybridized carbons (Fsp3) is 1.00. The molecule has 2 unspecified atom stereocenters. The second-order valence-electron chi connectivity index (χ2n) is 2.71. The Kier molecular flexibility index (Phi) is 2.55.